The number of nitrogens with zero attached hydrogens (tertiary/aromatic N) is 13. The second-order valence-electron chi connectivity index (χ2n) is 22.6. The molecule has 0 saturated carbocycles. The van der Waals surface area contributed by atoms with Gasteiger partial charge in [-0.1, -0.05) is 62.3 Å². The fourth-order valence-corrected chi connectivity index (χ4v) is 12.8. The number of carbonyl (C=O) groups excluding carboxylic acids is 5. The SMILES string of the molecule is C.CCC.CN(C)S(=O)(=O)CCCC(=O)c1noc2c1CN(c1ncnc3[nH]ccc13)CC2.CN(C)S(=O)(=O)CCN.CN(C)S(=O)(=O)CCN1C(=O)c2ccccc2C1=O.NN.O.O=C(O)c1noc2c1CN(c1ncnc3[nH]ccc13)CC2.O=C1c2ccccc2C(=O)N1CCS(=O)(=O)Cl. The van der Waals surface area contributed by atoms with Crippen LogP contribution in [0.25, 0.3) is 22.1 Å². The zero-order valence-corrected chi connectivity index (χ0v) is 60.5. The number of fused-ring (bicyclic) bond motifs is 6. The molecule has 6 aromatic heterocycles. The first kappa shape index (κ1) is 85.3. The average Bonchev–Trinajstić information content (AvgIpc) is 1.62. The van der Waals surface area contributed by atoms with Gasteiger partial charge in [-0.15, -0.1) is 0 Å². The number of carbonyl (C=O) groups is 6. The molecule has 0 spiro atoms. The number of carboxylic acid groups (broad SMARTS) is 1. The molecular formula is C61H85ClN18O18S4. The number of nitrogens with two attached hydrogens (primary N) is 3. The van der Waals surface area contributed by atoms with E-state index in [0.29, 0.717) is 78.4 Å². The number of hydrogen-bond acceptors (Lipinski definition) is 27. The summed E-state index contributed by atoms with van der Waals surface area (Å²) < 4.78 is 104. The molecule has 4 aliphatic heterocycles. The number of hydrogen-bond donors (Lipinski definition) is 6. The second-order valence-corrected chi connectivity index (χ2v) is 32.4. The Labute approximate surface area is 594 Å². The number of amides is 4. The fraction of sp³-hybridized carbons (Fsp3) is 0.410. The van der Waals surface area contributed by atoms with Gasteiger partial charge in [0.25, 0.3) is 23.6 Å². The van der Waals surface area contributed by atoms with Gasteiger partial charge < -0.3 is 45.1 Å². The van der Waals surface area contributed by atoms with Crippen LogP contribution in [0.4, 0.5) is 11.6 Å². The second kappa shape index (κ2) is 37.7. The molecule has 2 aromatic carbocycles. The maximum absolute atomic E-state index is 12.7. The van der Waals surface area contributed by atoms with Gasteiger partial charge in [-0.2, -0.15) is 0 Å². The van der Waals surface area contributed by atoms with Crippen LogP contribution >= 0.6 is 10.7 Å². The summed E-state index contributed by atoms with van der Waals surface area (Å²) in [4.78, 5) is 101. The van der Waals surface area contributed by atoms with Crippen LogP contribution in [0.15, 0.2) is 94.8 Å². The van der Waals surface area contributed by atoms with Crippen molar-refractivity contribution < 1.29 is 82.1 Å². The first-order valence-corrected chi connectivity index (χ1v) is 37.9. The number of benzene rings is 2. The maximum Gasteiger partial charge on any atom is 0.358 e. The minimum absolute atomic E-state index is 0. The van der Waals surface area contributed by atoms with Crippen LogP contribution in [0.3, 0.4) is 0 Å². The zero-order chi connectivity index (χ0) is 74.0. The van der Waals surface area contributed by atoms with Crippen molar-refractivity contribution in [2.45, 2.75) is 66.5 Å². The summed E-state index contributed by atoms with van der Waals surface area (Å²) in [5.74, 6) is 7.03. The predicted octanol–water partition coefficient (Wildman–Crippen LogP) is 2.48. The lowest BCUT2D eigenvalue weighted by molar-refractivity contribution is 0.0648. The summed E-state index contributed by atoms with van der Waals surface area (Å²) in [7, 11) is 0.293. The van der Waals surface area contributed by atoms with Crippen molar-refractivity contribution in [3.63, 3.8) is 0 Å². The van der Waals surface area contributed by atoms with Crippen LogP contribution < -0.4 is 27.2 Å². The molecule has 8 aromatic rings. The molecule has 4 amide bonds. The van der Waals surface area contributed by atoms with Gasteiger partial charge in [-0.25, -0.2) is 71.3 Å². The number of carboxylic acids is 1. The molecule has 36 nitrogen and oxygen atoms in total. The number of Topliss-reactive ketones (excluding diaryl/α,β-unsaturated/α-hetero) is 1. The minimum Gasteiger partial charge on any atom is -0.476 e. The number of halogens is 1. The molecule has 0 bridgehead atoms. The van der Waals surface area contributed by atoms with Crippen LogP contribution in [0, 0.1) is 0 Å². The molecule has 0 radical (unpaired) electrons. The number of rotatable bonds is 19. The number of nitrogens with one attached hydrogen (secondary N) is 2. The molecule has 0 saturated heterocycles. The van der Waals surface area contributed by atoms with Crippen molar-refractivity contribution in [3.05, 3.63) is 142 Å². The van der Waals surface area contributed by atoms with Crippen molar-refractivity contribution in [1.29, 1.82) is 0 Å². The van der Waals surface area contributed by atoms with E-state index in [4.69, 9.17) is 30.6 Å². The van der Waals surface area contributed by atoms with Gasteiger partial charge in [0, 0.05) is 128 Å². The highest BCUT2D eigenvalue weighted by molar-refractivity contribution is 8.13. The Balaban J connectivity index is 0.000000274. The van der Waals surface area contributed by atoms with Crippen LogP contribution in [0.5, 0.6) is 0 Å². The zero-order valence-electron chi connectivity index (χ0n) is 56.4. The average molecular weight is 1520 g/mol. The van der Waals surface area contributed by atoms with Gasteiger partial charge in [-0.3, -0.25) is 45.5 Å². The molecule has 4 aliphatic rings. The van der Waals surface area contributed by atoms with E-state index >= 15 is 0 Å². The first-order chi connectivity index (χ1) is 47.3. The van der Waals surface area contributed by atoms with Gasteiger partial charge in [-0.05, 0) is 42.8 Å². The summed E-state index contributed by atoms with van der Waals surface area (Å²) in [6.07, 6.45) is 9.42. The first-order valence-electron chi connectivity index (χ1n) is 30.6. The quantitative estimate of drug-likeness (QED) is 0.0223. The summed E-state index contributed by atoms with van der Waals surface area (Å²) in [6.45, 7) is 6.32. The smallest absolute Gasteiger partial charge is 0.358 e. The fourth-order valence-electron chi connectivity index (χ4n) is 9.91. The van der Waals surface area contributed by atoms with Crippen LogP contribution in [0.1, 0.15) is 126 Å². The van der Waals surface area contributed by atoms with Crippen molar-refractivity contribution in [2.75, 3.05) is 108 Å². The number of H-pyrrole nitrogens is 2. The molecule has 102 heavy (non-hydrogen) atoms. The van der Waals surface area contributed by atoms with Gasteiger partial charge in [0.1, 0.15) is 47.1 Å². The van der Waals surface area contributed by atoms with Crippen molar-refractivity contribution in [3.8, 4) is 0 Å². The summed E-state index contributed by atoms with van der Waals surface area (Å²) in [5.41, 5.74) is 9.44. The molecule has 0 unspecified atom stereocenters. The number of aromatic carboxylic acids is 1. The van der Waals surface area contributed by atoms with E-state index in [0.717, 1.165) is 57.7 Å². The number of anilines is 2. The summed E-state index contributed by atoms with van der Waals surface area (Å²) >= 11 is 0. The molecule has 41 heteroatoms. The van der Waals surface area contributed by atoms with E-state index in [1.54, 1.807) is 42.6 Å². The Kier molecular flexibility index (Phi) is 31.6. The monoisotopic (exact) mass is 1520 g/mol. The van der Waals surface area contributed by atoms with E-state index in [9.17, 15) is 62.4 Å². The summed E-state index contributed by atoms with van der Waals surface area (Å²) in [6, 6.07) is 16.7. The number of aromatic amines is 2. The normalized spacial score (nSPS) is 13.8. The molecule has 0 fully saturated rings. The van der Waals surface area contributed by atoms with E-state index < -0.39 is 74.5 Å². The third-order valence-corrected chi connectivity index (χ3v) is 21.9. The highest BCUT2D eigenvalue weighted by Crippen LogP contribution is 2.32. The summed E-state index contributed by atoms with van der Waals surface area (Å²) in [5, 5.41) is 18.6. The molecular weight excluding hydrogens is 1440 g/mol. The van der Waals surface area contributed by atoms with Crippen molar-refractivity contribution >= 4 is 119 Å². The van der Waals surface area contributed by atoms with Gasteiger partial charge in [0.2, 0.25) is 39.1 Å². The number of imide groups is 2. The minimum atomic E-state index is -3.72. The Morgan fingerprint density at radius 3 is 1.30 bits per heavy atom. The van der Waals surface area contributed by atoms with Crippen molar-refractivity contribution in [1.82, 2.24) is 62.9 Å². The maximum atomic E-state index is 12.7. The van der Waals surface area contributed by atoms with Crippen LogP contribution in [-0.2, 0) is 65.1 Å². The lowest BCUT2D eigenvalue weighted by Crippen LogP contribution is -2.37. The van der Waals surface area contributed by atoms with Crippen LogP contribution in [-0.4, -0.2) is 241 Å². The van der Waals surface area contributed by atoms with E-state index in [2.05, 4.69) is 70.6 Å². The molecule has 558 valence electrons. The Bertz CT molecular complexity index is 4630. The standard InChI is InChI=1S/C18H22N6O4S.C13H11N5O3.C12H14N2O4S.C10H8ClNO4S.C4H12N2O2S.C3H8.CH4.H4N2.H2O/c1-23(2)29(26,27)9-3-4-14(25)16-13-10-24(8-6-15(13)28-22-16)18-12-5-7-19-17(12)20-11-21-18;19-13(20)10-8-5-18(4-2-9(8)21-17-10)12-7-1-3-14-11(7)15-6-16-12;1-13(2)19(17,18)8-7-14-11(15)9-5-3-4-6-10(9)12(14)16;11-17(15,16)6-5-12-9(13)7-3-1-2-4-8(7)10(12)14;1-6(2)9(7,8)4-3-5;1-3-2;;1-2;/h5,7,11H,3-4,6,8-10H2,1-2H3,(H,19,20,21);1,3,6H,2,4-5H2,(H,19,20)(H,14,15,16);3-6H,7-8H2,1-2H3;1-4H,5-6H2;3-5H2,1-2H3;3H2,1-2H3;1H4;1-2H2;1H2. The number of hydrazine groups is 1. The Morgan fingerprint density at radius 1 is 0.578 bits per heavy atom. The van der Waals surface area contributed by atoms with Crippen molar-refractivity contribution in [2.24, 2.45) is 17.4 Å². The van der Waals surface area contributed by atoms with E-state index in [1.807, 2.05) is 23.2 Å². The third-order valence-electron chi connectivity index (χ3n) is 15.1. The number of ketones is 1. The number of sulfonamides is 3. The molecule has 10 heterocycles. The Hall–Kier alpha value is -9.07. The lowest BCUT2D eigenvalue weighted by atomic mass is 10.0. The van der Waals surface area contributed by atoms with Gasteiger partial charge >= 0.3 is 5.97 Å². The highest BCUT2D eigenvalue weighted by Gasteiger charge is 2.38. The Morgan fingerprint density at radius 2 is 0.941 bits per heavy atom. The molecule has 0 aliphatic carbocycles. The molecule has 0 atom stereocenters. The van der Waals surface area contributed by atoms with Gasteiger partial charge in [0.15, 0.2) is 17.2 Å². The highest BCUT2D eigenvalue weighted by atomic mass is 35.7. The lowest BCUT2D eigenvalue weighted by Gasteiger charge is -2.27. The molecule has 11 N–H and O–H groups in total. The number of aromatic nitrogens is 8. The topological polar surface area (TPSA) is 527 Å². The van der Waals surface area contributed by atoms with E-state index in [-0.39, 0.29) is 79.8 Å². The molecule has 12 rings (SSSR count). The third kappa shape index (κ3) is 21.3. The van der Waals surface area contributed by atoms with Crippen LogP contribution in [0.2, 0.25) is 0 Å². The largest absolute Gasteiger partial charge is 0.476 e. The van der Waals surface area contributed by atoms with Gasteiger partial charge in [0.05, 0.1) is 69.1 Å². The van der Waals surface area contributed by atoms with E-state index in [1.165, 1.54) is 77.8 Å². The predicted molar refractivity (Wildman–Crippen MR) is 380 cm³/mol.